The lowest BCUT2D eigenvalue weighted by atomic mass is 9.54. The Hall–Kier alpha value is -1.35. The second kappa shape index (κ2) is 5.34. The number of rotatable bonds is 2. The Morgan fingerprint density at radius 2 is 1.61 bits per heavy atom. The molecule has 2 N–H and O–H groups in total. The van der Waals surface area contributed by atoms with E-state index in [1.54, 1.807) is 0 Å². The molecule has 23 heavy (non-hydrogen) atoms. The van der Waals surface area contributed by atoms with E-state index in [2.05, 4.69) is 34.9 Å². The Morgan fingerprint density at radius 3 is 2.30 bits per heavy atom. The largest absolute Gasteiger partial charge is 0.351 e. The molecule has 3 nitrogen and oxygen atoms in total. The van der Waals surface area contributed by atoms with Gasteiger partial charge in [-0.1, -0.05) is 24.3 Å². The van der Waals surface area contributed by atoms with E-state index in [1.807, 2.05) is 0 Å². The summed E-state index contributed by atoms with van der Waals surface area (Å²) in [5, 5.41) is 6.90. The molecule has 1 atom stereocenters. The van der Waals surface area contributed by atoms with Gasteiger partial charge in [-0.3, -0.25) is 4.79 Å². The smallest absolute Gasteiger partial charge is 0.237 e. The molecule has 0 saturated heterocycles. The van der Waals surface area contributed by atoms with Crippen molar-refractivity contribution < 1.29 is 4.79 Å². The first kappa shape index (κ1) is 14.0. The Bertz CT molecular complexity index is 598. The number of nitrogens with one attached hydrogen (secondary N) is 2. The second-order valence-electron chi connectivity index (χ2n) is 8.37. The standard InChI is InChI=1S/C20H26N2O/c23-20(18-10-14-3-1-2-4-15(14)11-21-18)22-19-16-6-12-5-13(8-16)9-17(19)7-12/h1-4,12-13,16-19,21H,5-11H2,(H,22,23)/t12?,13?,16?,17?,18-,19?/m0/s1. The summed E-state index contributed by atoms with van der Waals surface area (Å²) in [6.07, 6.45) is 7.74. The number of hydrogen-bond donors (Lipinski definition) is 2. The van der Waals surface area contributed by atoms with Crippen molar-refractivity contribution in [1.82, 2.24) is 10.6 Å². The van der Waals surface area contributed by atoms with Gasteiger partial charge in [0.2, 0.25) is 5.91 Å². The molecule has 122 valence electrons. The van der Waals surface area contributed by atoms with Crippen molar-refractivity contribution in [3.63, 3.8) is 0 Å². The highest BCUT2D eigenvalue weighted by Gasteiger charge is 2.48. The fraction of sp³-hybridized carbons (Fsp3) is 0.650. The molecule has 0 radical (unpaired) electrons. The Morgan fingerprint density at radius 1 is 0.957 bits per heavy atom. The number of hydrogen-bond acceptors (Lipinski definition) is 2. The fourth-order valence-electron chi connectivity index (χ4n) is 6.07. The lowest BCUT2D eigenvalue weighted by molar-refractivity contribution is -0.127. The number of fused-ring (bicyclic) bond motifs is 1. The first-order valence-electron chi connectivity index (χ1n) is 9.37. The third-order valence-electron chi connectivity index (χ3n) is 6.93. The highest BCUT2D eigenvalue weighted by molar-refractivity contribution is 5.82. The van der Waals surface area contributed by atoms with Crippen LogP contribution in [0, 0.1) is 23.7 Å². The summed E-state index contributed by atoms with van der Waals surface area (Å²) >= 11 is 0. The van der Waals surface area contributed by atoms with Crippen LogP contribution < -0.4 is 10.6 Å². The molecule has 4 aliphatic carbocycles. The summed E-state index contributed by atoms with van der Waals surface area (Å²) in [6.45, 7) is 0.815. The fourth-order valence-corrected chi connectivity index (χ4v) is 6.07. The van der Waals surface area contributed by atoms with Crippen molar-refractivity contribution in [1.29, 1.82) is 0 Å². The van der Waals surface area contributed by atoms with Gasteiger partial charge < -0.3 is 10.6 Å². The zero-order chi connectivity index (χ0) is 15.4. The molecule has 0 aromatic heterocycles. The predicted octanol–water partition coefficient (Wildman–Crippen LogP) is 2.64. The summed E-state index contributed by atoms with van der Waals surface area (Å²) < 4.78 is 0. The van der Waals surface area contributed by atoms with Gasteiger partial charge in [0, 0.05) is 12.6 Å². The zero-order valence-electron chi connectivity index (χ0n) is 13.6. The molecule has 1 aliphatic heterocycles. The monoisotopic (exact) mass is 310 g/mol. The van der Waals surface area contributed by atoms with Crippen LogP contribution in [0.5, 0.6) is 0 Å². The van der Waals surface area contributed by atoms with Crippen molar-refractivity contribution in [2.75, 3.05) is 0 Å². The lowest BCUT2D eigenvalue weighted by Crippen LogP contribution is -2.59. The molecule has 1 aromatic rings. The van der Waals surface area contributed by atoms with Gasteiger partial charge in [0.1, 0.15) is 0 Å². The van der Waals surface area contributed by atoms with Crippen LogP contribution in [-0.2, 0) is 17.8 Å². The molecule has 0 unspecified atom stereocenters. The van der Waals surface area contributed by atoms with Gasteiger partial charge in [-0.2, -0.15) is 0 Å². The predicted molar refractivity (Wildman–Crippen MR) is 89.7 cm³/mol. The van der Waals surface area contributed by atoms with Gasteiger partial charge in [-0.25, -0.2) is 0 Å². The first-order chi connectivity index (χ1) is 11.3. The average molecular weight is 310 g/mol. The van der Waals surface area contributed by atoms with Crippen LogP contribution in [0.4, 0.5) is 0 Å². The van der Waals surface area contributed by atoms with E-state index >= 15 is 0 Å². The van der Waals surface area contributed by atoms with Crippen LogP contribution in [0.1, 0.15) is 43.2 Å². The van der Waals surface area contributed by atoms with Crippen molar-refractivity contribution in [3.8, 4) is 0 Å². The molecule has 1 amide bonds. The molecule has 4 bridgehead atoms. The minimum absolute atomic E-state index is 0.0536. The van der Waals surface area contributed by atoms with Crippen molar-refractivity contribution >= 4 is 5.91 Å². The lowest BCUT2D eigenvalue weighted by Gasteiger charge is -2.54. The van der Waals surface area contributed by atoms with Gasteiger partial charge in [-0.15, -0.1) is 0 Å². The Balaban J connectivity index is 1.28. The van der Waals surface area contributed by atoms with E-state index in [0.29, 0.717) is 6.04 Å². The molecule has 6 rings (SSSR count). The van der Waals surface area contributed by atoms with Crippen LogP contribution in [0.15, 0.2) is 24.3 Å². The van der Waals surface area contributed by atoms with Crippen molar-refractivity contribution in [2.45, 2.75) is 57.2 Å². The third-order valence-corrected chi connectivity index (χ3v) is 6.93. The first-order valence-corrected chi connectivity index (χ1v) is 9.37. The highest BCUT2D eigenvalue weighted by atomic mass is 16.2. The summed E-state index contributed by atoms with van der Waals surface area (Å²) in [7, 11) is 0. The summed E-state index contributed by atoms with van der Waals surface area (Å²) in [5.41, 5.74) is 2.67. The van der Waals surface area contributed by atoms with Gasteiger partial charge >= 0.3 is 0 Å². The van der Waals surface area contributed by atoms with Gasteiger partial charge in [0.25, 0.3) is 0 Å². The summed E-state index contributed by atoms with van der Waals surface area (Å²) in [4.78, 5) is 12.8. The highest BCUT2D eigenvalue weighted by Crippen LogP contribution is 2.53. The van der Waals surface area contributed by atoms with E-state index in [-0.39, 0.29) is 11.9 Å². The topological polar surface area (TPSA) is 41.1 Å². The molecule has 4 fully saturated rings. The minimum Gasteiger partial charge on any atom is -0.351 e. The van der Waals surface area contributed by atoms with Crippen LogP contribution in [0.2, 0.25) is 0 Å². The summed E-state index contributed by atoms with van der Waals surface area (Å²) in [5.74, 6) is 3.67. The van der Waals surface area contributed by atoms with Crippen LogP contribution in [-0.4, -0.2) is 18.0 Å². The number of carbonyl (C=O) groups excluding carboxylic acids is 1. The number of benzene rings is 1. The molecular weight excluding hydrogens is 284 g/mol. The Kier molecular flexibility index (Phi) is 3.26. The minimum atomic E-state index is -0.0536. The van der Waals surface area contributed by atoms with E-state index < -0.39 is 0 Å². The summed E-state index contributed by atoms with van der Waals surface area (Å²) in [6, 6.07) is 8.89. The quantitative estimate of drug-likeness (QED) is 0.882. The second-order valence-corrected chi connectivity index (χ2v) is 8.37. The number of amides is 1. The van der Waals surface area contributed by atoms with Gasteiger partial charge in [-0.05, 0) is 73.3 Å². The Labute approximate surface area is 138 Å². The van der Waals surface area contributed by atoms with Gasteiger partial charge in [0.05, 0.1) is 6.04 Å². The molecule has 1 heterocycles. The maximum absolute atomic E-state index is 12.8. The zero-order valence-corrected chi connectivity index (χ0v) is 13.6. The maximum Gasteiger partial charge on any atom is 0.237 e. The molecule has 3 heteroatoms. The average Bonchev–Trinajstić information content (AvgIpc) is 2.57. The molecule has 1 aromatic carbocycles. The molecule has 4 saturated carbocycles. The molecular formula is C20H26N2O. The van der Waals surface area contributed by atoms with E-state index in [1.165, 1.54) is 43.2 Å². The maximum atomic E-state index is 12.8. The van der Waals surface area contributed by atoms with Crippen molar-refractivity contribution in [3.05, 3.63) is 35.4 Å². The van der Waals surface area contributed by atoms with E-state index in [9.17, 15) is 4.79 Å². The van der Waals surface area contributed by atoms with Gasteiger partial charge in [0.15, 0.2) is 0 Å². The van der Waals surface area contributed by atoms with Crippen LogP contribution in [0.25, 0.3) is 0 Å². The normalized spacial score (nSPS) is 40.7. The third kappa shape index (κ3) is 2.40. The van der Waals surface area contributed by atoms with Crippen LogP contribution in [0.3, 0.4) is 0 Å². The SMILES string of the molecule is O=C(NC1C2CC3CC(C2)CC1C3)[C@@H]1Cc2ccccc2CN1. The number of carbonyl (C=O) groups is 1. The van der Waals surface area contributed by atoms with Crippen molar-refractivity contribution in [2.24, 2.45) is 23.7 Å². The molecule has 5 aliphatic rings. The van der Waals surface area contributed by atoms with Crippen LogP contribution >= 0.6 is 0 Å². The molecule has 0 spiro atoms. The van der Waals surface area contributed by atoms with E-state index in [4.69, 9.17) is 0 Å². The van der Waals surface area contributed by atoms with E-state index in [0.717, 1.165) is 36.6 Å².